The normalized spacial score (nSPS) is 40.3. The number of likely N-dealkylation sites (N-methyl/N-ethyl adjacent to an activating group) is 1. The molecule has 1 aliphatic rings. The van der Waals surface area contributed by atoms with Crippen molar-refractivity contribution in [2.24, 2.45) is 0 Å². The summed E-state index contributed by atoms with van der Waals surface area (Å²) < 4.78 is 15.5. The quantitative estimate of drug-likeness (QED) is 0.500. The monoisotopic (exact) mass is 370 g/mol. The third kappa shape index (κ3) is 2.21. The van der Waals surface area contributed by atoms with Gasteiger partial charge < -0.3 is 15.3 Å². The molecular weight excluding hydrogens is 360 g/mol. The van der Waals surface area contributed by atoms with Crippen LogP contribution in [0, 0.1) is 0 Å². The van der Waals surface area contributed by atoms with E-state index in [2.05, 4.69) is 20.7 Å². The molecule has 1 aliphatic heterocycles. The van der Waals surface area contributed by atoms with E-state index < -0.39 is 28.7 Å². The number of thiophene rings is 1. The molecule has 0 radical (unpaired) electrons. The molecule has 4 atom stereocenters. The molecule has 1 fully saturated rings. The van der Waals surface area contributed by atoms with Gasteiger partial charge in [-0.2, -0.15) is 9.03 Å². The van der Waals surface area contributed by atoms with Crippen molar-refractivity contribution in [1.82, 2.24) is 9.03 Å². The second kappa shape index (κ2) is 4.97. The fourth-order valence-corrected chi connectivity index (χ4v) is 4.27. The summed E-state index contributed by atoms with van der Waals surface area (Å²) in [5.74, 6) is 0. The molecule has 2 rings (SSSR count). The van der Waals surface area contributed by atoms with Crippen LogP contribution in [0.25, 0.3) is 0 Å². The van der Waals surface area contributed by atoms with Crippen LogP contribution in [0.2, 0.25) is 0 Å². The maximum absolute atomic E-state index is 11.8. The van der Waals surface area contributed by atoms with Gasteiger partial charge in [-0.25, -0.2) is 4.21 Å². The SMILES string of the molecule is CN1S(=O)NC(O)(c2ccc(Br)s2)C(O)C1(O)C=O. The van der Waals surface area contributed by atoms with E-state index in [0.717, 1.165) is 15.6 Å². The molecule has 1 saturated heterocycles. The Morgan fingerprint density at radius 3 is 2.68 bits per heavy atom. The minimum atomic E-state index is -2.46. The number of nitrogens with zero attached hydrogens (tertiary/aromatic N) is 1. The highest BCUT2D eigenvalue weighted by Crippen LogP contribution is 2.38. The number of hydrogen-bond acceptors (Lipinski definition) is 6. The Hall–Kier alpha value is -0.200. The highest BCUT2D eigenvalue weighted by atomic mass is 79.9. The van der Waals surface area contributed by atoms with Gasteiger partial charge in [0, 0.05) is 7.05 Å². The first-order valence-electron chi connectivity index (χ1n) is 5.04. The predicted octanol–water partition coefficient (Wildman–Crippen LogP) is -0.982. The van der Waals surface area contributed by atoms with Crippen molar-refractivity contribution < 1.29 is 24.3 Å². The Morgan fingerprint density at radius 1 is 1.58 bits per heavy atom. The topological polar surface area (TPSA) is 110 Å². The molecule has 4 N–H and O–H groups in total. The molecule has 0 saturated carbocycles. The average molecular weight is 371 g/mol. The number of aliphatic hydroxyl groups is 3. The summed E-state index contributed by atoms with van der Waals surface area (Å²) in [6.45, 7) is 0. The van der Waals surface area contributed by atoms with Crippen LogP contribution in [-0.2, 0) is 21.7 Å². The summed E-state index contributed by atoms with van der Waals surface area (Å²) in [4.78, 5) is 11.3. The molecule has 19 heavy (non-hydrogen) atoms. The maximum Gasteiger partial charge on any atom is 0.218 e. The lowest BCUT2D eigenvalue weighted by molar-refractivity contribution is -0.216. The van der Waals surface area contributed by atoms with Gasteiger partial charge in [-0.3, -0.25) is 4.79 Å². The molecular formula is C9H11BrN2O5S2. The Morgan fingerprint density at radius 2 is 2.21 bits per heavy atom. The summed E-state index contributed by atoms with van der Waals surface area (Å²) in [7, 11) is 1.19. The first-order chi connectivity index (χ1) is 8.75. The molecule has 1 aromatic rings. The summed E-state index contributed by atoms with van der Waals surface area (Å²) in [6.07, 6.45) is -1.87. The number of halogens is 1. The second-order valence-electron chi connectivity index (χ2n) is 4.02. The molecule has 10 heteroatoms. The van der Waals surface area contributed by atoms with Crippen LogP contribution >= 0.6 is 27.3 Å². The number of carbonyl (C=O) groups excluding carboxylic acids is 1. The Balaban J connectivity index is 2.52. The fraction of sp³-hybridized carbons (Fsp3) is 0.444. The number of nitrogens with one attached hydrogen (secondary N) is 1. The van der Waals surface area contributed by atoms with Gasteiger partial charge in [0.2, 0.25) is 5.72 Å². The van der Waals surface area contributed by atoms with Crippen molar-refractivity contribution in [1.29, 1.82) is 0 Å². The van der Waals surface area contributed by atoms with Crippen molar-refractivity contribution in [2.45, 2.75) is 17.6 Å². The van der Waals surface area contributed by atoms with Gasteiger partial charge in [-0.05, 0) is 28.1 Å². The summed E-state index contributed by atoms with van der Waals surface area (Å²) in [5, 5.41) is 30.7. The third-order valence-corrected chi connectivity index (χ3v) is 5.94. The predicted molar refractivity (Wildman–Crippen MR) is 72.0 cm³/mol. The first kappa shape index (κ1) is 15.2. The zero-order chi connectivity index (χ0) is 14.4. The largest absolute Gasteiger partial charge is 0.383 e. The van der Waals surface area contributed by atoms with Crippen LogP contribution in [0.5, 0.6) is 0 Å². The number of aldehydes is 1. The molecule has 7 nitrogen and oxygen atoms in total. The molecule has 0 aromatic carbocycles. The lowest BCUT2D eigenvalue weighted by Gasteiger charge is -2.47. The van der Waals surface area contributed by atoms with Gasteiger partial charge in [0.1, 0.15) is 0 Å². The van der Waals surface area contributed by atoms with Crippen molar-refractivity contribution in [3.63, 3.8) is 0 Å². The molecule has 1 aromatic heterocycles. The van der Waals surface area contributed by atoms with Gasteiger partial charge in [0.25, 0.3) is 0 Å². The number of carbonyl (C=O) groups is 1. The second-order valence-corrected chi connectivity index (χ2v) is 7.74. The van der Waals surface area contributed by atoms with Gasteiger partial charge in [0.05, 0.1) is 8.66 Å². The number of hydrogen-bond donors (Lipinski definition) is 4. The van der Waals surface area contributed by atoms with E-state index in [1.165, 1.54) is 13.1 Å². The Labute approximate surface area is 123 Å². The smallest absolute Gasteiger partial charge is 0.218 e. The van der Waals surface area contributed by atoms with Crippen molar-refractivity contribution in [3.8, 4) is 0 Å². The average Bonchev–Trinajstić information content (AvgIpc) is 2.81. The molecule has 0 aliphatic carbocycles. The Kier molecular flexibility index (Phi) is 3.97. The maximum atomic E-state index is 11.8. The van der Waals surface area contributed by atoms with Gasteiger partial charge >= 0.3 is 0 Å². The van der Waals surface area contributed by atoms with E-state index in [1.807, 2.05) is 0 Å². The lowest BCUT2D eigenvalue weighted by atomic mass is 9.96. The van der Waals surface area contributed by atoms with E-state index in [4.69, 9.17) is 0 Å². The van der Waals surface area contributed by atoms with E-state index in [-0.39, 0.29) is 11.2 Å². The van der Waals surface area contributed by atoms with E-state index in [1.54, 1.807) is 6.07 Å². The third-order valence-electron chi connectivity index (χ3n) is 2.92. The number of aliphatic hydroxyl groups excluding tert-OH is 1. The van der Waals surface area contributed by atoms with Crippen LogP contribution in [0.15, 0.2) is 15.9 Å². The zero-order valence-electron chi connectivity index (χ0n) is 9.61. The van der Waals surface area contributed by atoms with Crippen molar-refractivity contribution in [2.75, 3.05) is 7.05 Å². The van der Waals surface area contributed by atoms with Crippen LogP contribution in [0.4, 0.5) is 0 Å². The number of rotatable bonds is 2. The van der Waals surface area contributed by atoms with Crippen molar-refractivity contribution >= 4 is 44.7 Å². The van der Waals surface area contributed by atoms with E-state index >= 15 is 0 Å². The fourth-order valence-electron chi connectivity index (χ4n) is 1.71. The van der Waals surface area contributed by atoms with Crippen LogP contribution in [-0.4, -0.2) is 49.0 Å². The highest BCUT2D eigenvalue weighted by Gasteiger charge is 2.59. The molecule has 2 heterocycles. The van der Waals surface area contributed by atoms with Crippen molar-refractivity contribution in [3.05, 3.63) is 20.8 Å². The zero-order valence-corrected chi connectivity index (χ0v) is 12.8. The minimum absolute atomic E-state index is 0.0457. The molecule has 106 valence electrons. The molecule has 4 unspecified atom stereocenters. The summed E-state index contributed by atoms with van der Waals surface area (Å²) in [5.41, 5.74) is -4.65. The lowest BCUT2D eigenvalue weighted by Crippen LogP contribution is -2.74. The molecule has 0 spiro atoms. The standard InChI is InChI=1S/C9H11BrN2O5S2/c1-12-8(15,4-13)7(14)9(16,11-19(12)17)5-2-3-6(10)18-5/h2-4,7,11,14-16H,1H3. The van der Waals surface area contributed by atoms with Crippen LogP contribution < -0.4 is 4.72 Å². The highest BCUT2D eigenvalue weighted by molar-refractivity contribution is 9.11. The van der Waals surface area contributed by atoms with Gasteiger partial charge in [-0.15, -0.1) is 11.3 Å². The van der Waals surface area contributed by atoms with Gasteiger partial charge in [-0.1, -0.05) is 0 Å². The minimum Gasteiger partial charge on any atom is -0.383 e. The summed E-state index contributed by atoms with van der Waals surface area (Å²) in [6, 6.07) is 3.10. The molecule has 0 amide bonds. The first-order valence-corrected chi connectivity index (χ1v) is 7.76. The van der Waals surface area contributed by atoms with Crippen LogP contribution in [0.3, 0.4) is 0 Å². The summed E-state index contributed by atoms with van der Waals surface area (Å²) >= 11 is 2.22. The van der Waals surface area contributed by atoms with Crippen LogP contribution in [0.1, 0.15) is 4.88 Å². The molecule has 0 bridgehead atoms. The van der Waals surface area contributed by atoms with E-state index in [9.17, 15) is 24.3 Å². The van der Waals surface area contributed by atoms with Gasteiger partial charge in [0.15, 0.2) is 29.3 Å². The van der Waals surface area contributed by atoms with E-state index in [0.29, 0.717) is 3.79 Å². The Bertz CT molecular complexity index is 540.